The highest BCUT2D eigenvalue weighted by molar-refractivity contribution is 6.30. The fourth-order valence-electron chi connectivity index (χ4n) is 2.92. The first kappa shape index (κ1) is 21.1. The predicted molar refractivity (Wildman–Crippen MR) is 113 cm³/mol. The molecule has 0 bridgehead atoms. The van der Waals surface area contributed by atoms with Crippen LogP contribution in [0.25, 0.3) is 0 Å². The van der Waals surface area contributed by atoms with E-state index in [4.69, 9.17) is 32.7 Å². The van der Waals surface area contributed by atoms with Crippen molar-refractivity contribution in [1.29, 1.82) is 0 Å². The van der Waals surface area contributed by atoms with E-state index in [2.05, 4.69) is 10.2 Å². The maximum atomic E-state index is 12.8. The summed E-state index contributed by atoms with van der Waals surface area (Å²) in [5, 5.41) is 8.79. The first-order chi connectivity index (χ1) is 13.9. The van der Waals surface area contributed by atoms with Crippen molar-refractivity contribution in [2.45, 2.75) is 26.7 Å². The molecule has 0 aliphatic rings. The number of hydrogen-bond donors (Lipinski definition) is 0. The summed E-state index contributed by atoms with van der Waals surface area (Å²) in [6.07, 6.45) is 0. The zero-order chi connectivity index (χ0) is 21.0. The topological polar surface area (TPSA) is 61.3 Å². The molecule has 0 saturated heterocycles. The lowest BCUT2D eigenvalue weighted by molar-refractivity contribution is -0.143. The number of aromatic nitrogens is 2. The van der Waals surface area contributed by atoms with Crippen molar-refractivity contribution in [2.24, 2.45) is 0 Å². The summed E-state index contributed by atoms with van der Waals surface area (Å²) in [5.74, 6) is 0.0661. The lowest BCUT2D eigenvalue weighted by Crippen LogP contribution is -2.19. The highest BCUT2D eigenvalue weighted by Crippen LogP contribution is 2.34. The molecule has 1 heterocycles. The van der Waals surface area contributed by atoms with E-state index in [-0.39, 0.29) is 11.8 Å². The SMILES string of the molecule is CCOC(=O)C(c1cc(C)c(C)c(Oc2cccc(Cl)c2)c1)c1ccc(Cl)nn1. The van der Waals surface area contributed by atoms with Gasteiger partial charge >= 0.3 is 5.97 Å². The molecule has 29 heavy (non-hydrogen) atoms. The highest BCUT2D eigenvalue weighted by atomic mass is 35.5. The summed E-state index contributed by atoms with van der Waals surface area (Å²) in [7, 11) is 0. The van der Waals surface area contributed by atoms with Gasteiger partial charge in [0.2, 0.25) is 0 Å². The number of carbonyl (C=O) groups excluding carboxylic acids is 1. The lowest BCUT2D eigenvalue weighted by atomic mass is 9.92. The number of halogens is 2. The van der Waals surface area contributed by atoms with E-state index in [9.17, 15) is 4.79 Å². The number of carbonyl (C=O) groups is 1. The Morgan fingerprint density at radius 1 is 1.07 bits per heavy atom. The predicted octanol–water partition coefficient (Wildman–Crippen LogP) is 5.89. The quantitative estimate of drug-likeness (QED) is 0.456. The summed E-state index contributed by atoms with van der Waals surface area (Å²) in [4.78, 5) is 12.8. The molecule has 150 valence electrons. The molecule has 0 spiro atoms. The fraction of sp³-hybridized carbons (Fsp3) is 0.227. The van der Waals surface area contributed by atoms with Gasteiger partial charge in [-0.25, -0.2) is 0 Å². The van der Waals surface area contributed by atoms with E-state index in [1.807, 2.05) is 38.1 Å². The Balaban J connectivity index is 2.06. The molecule has 7 heteroatoms. The second-order valence-corrected chi connectivity index (χ2v) is 7.31. The van der Waals surface area contributed by atoms with Crippen LogP contribution < -0.4 is 4.74 Å². The van der Waals surface area contributed by atoms with Crippen LogP contribution in [-0.2, 0) is 9.53 Å². The van der Waals surface area contributed by atoms with Gasteiger partial charge in [-0.05, 0) is 73.9 Å². The summed E-state index contributed by atoms with van der Waals surface area (Å²) < 4.78 is 11.4. The van der Waals surface area contributed by atoms with Crippen molar-refractivity contribution < 1.29 is 14.3 Å². The maximum absolute atomic E-state index is 12.8. The number of aryl methyl sites for hydroxylation is 1. The third-order valence-electron chi connectivity index (χ3n) is 4.47. The molecule has 2 aromatic carbocycles. The van der Waals surface area contributed by atoms with Gasteiger partial charge in [-0.2, -0.15) is 5.10 Å². The van der Waals surface area contributed by atoms with Gasteiger partial charge in [-0.1, -0.05) is 35.3 Å². The van der Waals surface area contributed by atoms with Crippen LogP contribution in [-0.4, -0.2) is 22.8 Å². The molecule has 1 aromatic heterocycles. The van der Waals surface area contributed by atoms with E-state index < -0.39 is 11.9 Å². The highest BCUT2D eigenvalue weighted by Gasteiger charge is 2.27. The van der Waals surface area contributed by atoms with Crippen molar-refractivity contribution in [3.8, 4) is 11.5 Å². The van der Waals surface area contributed by atoms with Crippen LogP contribution in [0.15, 0.2) is 48.5 Å². The summed E-state index contributed by atoms with van der Waals surface area (Å²) in [5.41, 5.74) is 3.07. The van der Waals surface area contributed by atoms with Gasteiger partial charge in [0.05, 0.1) is 12.3 Å². The Morgan fingerprint density at radius 3 is 2.52 bits per heavy atom. The average Bonchev–Trinajstić information content (AvgIpc) is 2.68. The van der Waals surface area contributed by atoms with Crippen LogP contribution in [0.4, 0.5) is 0 Å². The van der Waals surface area contributed by atoms with Crippen molar-refractivity contribution >= 4 is 29.2 Å². The summed E-state index contributed by atoms with van der Waals surface area (Å²) in [6, 6.07) is 14.2. The minimum absolute atomic E-state index is 0.251. The third-order valence-corrected chi connectivity index (χ3v) is 4.91. The van der Waals surface area contributed by atoms with Gasteiger partial charge in [0.25, 0.3) is 0 Å². The van der Waals surface area contributed by atoms with Gasteiger partial charge in [0, 0.05) is 5.02 Å². The largest absolute Gasteiger partial charge is 0.465 e. The Bertz CT molecular complexity index is 1020. The van der Waals surface area contributed by atoms with Crippen molar-refractivity contribution in [3.05, 3.63) is 81.1 Å². The van der Waals surface area contributed by atoms with Crippen molar-refractivity contribution in [2.75, 3.05) is 6.61 Å². The average molecular weight is 431 g/mol. The molecule has 0 fully saturated rings. The standard InChI is InChI=1S/C22H20Cl2N2O3/c1-4-28-22(27)21(18-8-9-20(24)26-25-18)15-10-13(2)14(3)19(11-15)29-17-7-5-6-16(23)12-17/h5-12,21H,4H2,1-3H3. The van der Waals surface area contributed by atoms with Crippen molar-refractivity contribution in [1.82, 2.24) is 10.2 Å². The molecule has 0 saturated carbocycles. The monoisotopic (exact) mass is 430 g/mol. The van der Waals surface area contributed by atoms with Gasteiger partial charge in [-0.3, -0.25) is 4.79 Å². The van der Waals surface area contributed by atoms with E-state index in [1.54, 1.807) is 31.2 Å². The Morgan fingerprint density at radius 2 is 1.86 bits per heavy atom. The van der Waals surface area contributed by atoms with Crippen LogP contribution >= 0.6 is 23.2 Å². The smallest absolute Gasteiger partial charge is 0.319 e. The van der Waals surface area contributed by atoms with Crippen LogP contribution in [0.5, 0.6) is 11.5 Å². The first-order valence-corrected chi connectivity index (χ1v) is 9.85. The van der Waals surface area contributed by atoms with Gasteiger partial charge in [0.15, 0.2) is 5.15 Å². The van der Waals surface area contributed by atoms with E-state index in [0.29, 0.717) is 27.8 Å². The van der Waals surface area contributed by atoms with Crippen LogP contribution in [0.1, 0.15) is 35.2 Å². The Kier molecular flexibility index (Phi) is 6.72. The van der Waals surface area contributed by atoms with Crippen molar-refractivity contribution in [3.63, 3.8) is 0 Å². The number of rotatable bonds is 6. The number of ether oxygens (including phenoxy) is 2. The molecular formula is C22H20Cl2N2O3. The number of benzene rings is 2. The van der Waals surface area contributed by atoms with Crippen LogP contribution in [0.3, 0.4) is 0 Å². The molecule has 1 unspecified atom stereocenters. The number of esters is 1. The Labute approximate surface area is 179 Å². The zero-order valence-corrected chi connectivity index (χ0v) is 17.8. The molecule has 5 nitrogen and oxygen atoms in total. The lowest BCUT2D eigenvalue weighted by Gasteiger charge is -2.19. The minimum Gasteiger partial charge on any atom is -0.465 e. The van der Waals surface area contributed by atoms with E-state index >= 15 is 0 Å². The number of hydrogen-bond acceptors (Lipinski definition) is 5. The normalized spacial score (nSPS) is 11.8. The first-order valence-electron chi connectivity index (χ1n) is 9.09. The summed E-state index contributed by atoms with van der Waals surface area (Å²) >= 11 is 11.9. The minimum atomic E-state index is -0.749. The number of nitrogens with zero attached hydrogens (tertiary/aromatic N) is 2. The maximum Gasteiger partial charge on any atom is 0.319 e. The second kappa shape index (κ2) is 9.25. The van der Waals surface area contributed by atoms with Crippen LogP contribution in [0, 0.1) is 13.8 Å². The molecule has 1 atom stereocenters. The molecule has 0 N–H and O–H groups in total. The fourth-order valence-corrected chi connectivity index (χ4v) is 3.20. The molecule has 0 radical (unpaired) electrons. The molecule has 0 aliphatic heterocycles. The molecule has 3 aromatic rings. The van der Waals surface area contributed by atoms with Gasteiger partial charge in [-0.15, -0.1) is 5.10 Å². The van der Waals surface area contributed by atoms with E-state index in [0.717, 1.165) is 11.1 Å². The zero-order valence-electron chi connectivity index (χ0n) is 16.3. The van der Waals surface area contributed by atoms with E-state index in [1.165, 1.54) is 0 Å². The summed E-state index contributed by atoms with van der Waals surface area (Å²) in [6.45, 7) is 5.93. The van der Waals surface area contributed by atoms with Gasteiger partial charge < -0.3 is 9.47 Å². The van der Waals surface area contributed by atoms with Gasteiger partial charge in [0.1, 0.15) is 17.4 Å². The third kappa shape index (κ3) is 5.05. The molecule has 3 rings (SSSR count). The molecule has 0 amide bonds. The second-order valence-electron chi connectivity index (χ2n) is 6.49. The molecular weight excluding hydrogens is 411 g/mol. The van der Waals surface area contributed by atoms with Crippen LogP contribution in [0.2, 0.25) is 10.2 Å². The molecule has 0 aliphatic carbocycles. The Hall–Kier alpha value is -2.63.